The maximum Gasteiger partial charge on any atom is 0.0108 e. The van der Waals surface area contributed by atoms with Crippen LogP contribution in [0, 0.1) is 0 Å². The fraction of sp³-hybridized carbons (Fsp3) is 0.647. The minimum absolute atomic E-state index is 0.644. The molecule has 2 aliphatic rings. The van der Waals surface area contributed by atoms with Gasteiger partial charge in [0.25, 0.3) is 0 Å². The lowest BCUT2D eigenvalue weighted by molar-refractivity contribution is 0.286. The van der Waals surface area contributed by atoms with Crippen LogP contribution in [0.1, 0.15) is 56.1 Å². The highest BCUT2D eigenvalue weighted by Crippen LogP contribution is 2.44. The minimum atomic E-state index is 0.644. The summed E-state index contributed by atoms with van der Waals surface area (Å²) in [7, 11) is 2.30. The molecule has 0 amide bonds. The van der Waals surface area contributed by atoms with Crippen molar-refractivity contribution < 1.29 is 0 Å². The number of rotatable bonds is 3. The summed E-state index contributed by atoms with van der Waals surface area (Å²) in [6, 6.07) is 7.98. The van der Waals surface area contributed by atoms with Crippen LogP contribution in [0.5, 0.6) is 0 Å². The first-order chi connectivity index (χ1) is 9.15. The number of hydrogen-bond acceptors (Lipinski definition) is 2. The van der Waals surface area contributed by atoms with Crippen molar-refractivity contribution in [3.8, 4) is 0 Å². The van der Waals surface area contributed by atoms with Gasteiger partial charge in [0.1, 0.15) is 0 Å². The van der Waals surface area contributed by atoms with E-state index in [4.69, 9.17) is 0 Å². The van der Waals surface area contributed by atoms with Crippen LogP contribution in [-0.4, -0.2) is 30.3 Å². The van der Waals surface area contributed by atoms with Crippen LogP contribution in [0.15, 0.2) is 23.1 Å². The summed E-state index contributed by atoms with van der Waals surface area (Å²) in [4.78, 5) is 4.10. The number of fused-ring (bicyclic) bond motifs is 1. The molecule has 3 rings (SSSR count). The van der Waals surface area contributed by atoms with Gasteiger partial charge in [-0.25, -0.2) is 0 Å². The average molecular weight is 275 g/mol. The molecule has 0 bridgehead atoms. The topological polar surface area (TPSA) is 3.24 Å². The largest absolute Gasteiger partial charge is 0.303 e. The summed E-state index contributed by atoms with van der Waals surface area (Å²) in [5.74, 6) is 2.72. The van der Waals surface area contributed by atoms with Crippen LogP contribution >= 0.6 is 11.8 Å². The monoisotopic (exact) mass is 275 g/mol. The lowest BCUT2D eigenvalue weighted by Gasteiger charge is -2.23. The second-order valence-electron chi connectivity index (χ2n) is 6.47. The normalized spacial score (nSPS) is 27.2. The minimum Gasteiger partial charge on any atom is -0.303 e. The van der Waals surface area contributed by atoms with Crippen LogP contribution in [0.3, 0.4) is 0 Å². The fourth-order valence-corrected chi connectivity index (χ4v) is 4.71. The second kappa shape index (κ2) is 5.49. The van der Waals surface area contributed by atoms with E-state index in [1.165, 1.54) is 42.0 Å². The SMILES string of the molecule is CC(C)c1ccc2c(c1)[C@@H](C[C@H]1CCCN1C)CS2. The molecule has 2 heteroatoms. The lowest BCUT2D eigenvalue weighted by atomic mass is 9.90. The summed E-state index contributed by atoms with van der Waals surface area (Å²) in [6.07, 6.45) is 4.15. The van der Waals surface area contributed by atoms with Gasteiger partial charge in [0, 0.05) is 16.7 Å². The van der Waals surface area contributed by atoms with Gasteiger partial charge in [0.05, 0.1) is 0 Å². The molecule has 2 aliphatic heterocycles. The van der Waals surface area contributed by atoms with Crippen LogP contribution < -0.4 is 0 Å². The zero-order valence-corrected chi connectivity index (χ0v) is 13.2. The Labute approximate surface area is 121 Å². The fourth-order valence-electron chi connectivity index (χ4n) is 3.46. The maximum atomic E-state index is 2.56. The van der Waals surface area contributed by atoms with Gasteiger partial charge in [-0.15, -0.1) is 11.8 Å². The highest BCUT2D eigenvalue weighted by Gasteiger charge is 2.29. The molecule has 0 unspecified atom stereocenters. The van der Waals surface area contributed by atoms with Crippen molar-refractivity contribution in [1.82, 2.24) is 4.90 Å². The van der Waals surface area contributed by atoms with Gasteiger partial charge < -0.3 is 4.90 Å². The molecule has 2 atom stereocenters. The third-order valence-electron chi connectivity index (χ3n) is 4.81. The number of benzene rings is 1. The standard InChI is InChI=1S/C17H25NS/c1-12(2)13-6-7-17-16(10-13)14(11-19-17)9-15-5-4-8-18(15)3/h6-7,10,12,14-15H,4-5,8-9,11H2,1-3H3/t14-,15+/m0/s1. The van der Waals surface area contributed by atoms with Crippen LogP contribution in [-0.2, 0) is 0 Å². The molecule has 1 fully saturated rings. The summed E-state index contributed by atoms with van der Waals surface area (Å²) in [5, 5.41) is 0. The van der Waals surface area contributed by atoms with E-state index < -0.39 is 0 Å². The van der Waals surface area contributed by atoms with E-state index in [-0.39, 0.29) is 0 Å². The molecule has 1 aromatic carbocycles. The first-order valence-electron chi connectivity index (χ1n) is 7.62. The molecule has 1 nitrogen and oxygen atoms in total. The van der Waals surface area contributed by atoms with Crippen molar-refractivity contribution in [2.75, 3.05) is 19.3 Å². The first kappa shape index (κ1) is 13.5. The van der Waals surface area contributed by atoms with Crippen LogP contribution in [0.4, 0.5) is 0 Å². The molecule has 1 saturated heterocycles. The molecule has 19 heavy (non-hydrogen) atoms. The Hall–Kier alpha value is -0.470. The Morgan fingerprint density at radius 3 is 2.89 bits per heavy atom. The lowest BCUT2D eigenvalue weighted by Crippen LogP contribution is -2.26. The Kier molecular flexibility index (Phi) is 3.91. The van der Waals surface area contributed by atoms with Gasteiger partial charge in [-0.2, -0.15) is 0 Å². The second-order valence-corrected chi connectivity index (χ2v) is 7.53. The van der Waals surface area contributed by atoms with Crippen molar-refractivity contribution in [1.29, 1.82) is 0 Å². The first-order valence-corrected chi connectivity index (χ1v) is 8.60. The highest BCUT2D eigenvalue weighted by atomic mass is 32.2. The van der Waals surface area contributed by atoms with Crippen molar-refractivity contribution in [2.24, 2.45) is 0 Å². The van der Waals surface area contributed by atoms with Crippen molar-refractivity contribution >= 4 is 11.8 Å². The average Bonchev–Trinajstić information content (AvgIpc) is 2.97. The van der Waals surface area contributed by atoms with Crippen LogP contribution in [0.25, 0.3) is 0 Å². The number of nitrogens with zero attached hydrogens (tertiary/aromatic N) is 1. The summed E-state index contributed by atoms with van der Waals surface area (Å²) >= 11 is 2.06. The van der Waals surface area contributed by atoms with E-state index in [9.17, 15) is 0 Å². The molecule has 2 heterocycles. The molecule has 1 aromatic rings. The van der Waals surface area contributed by atoms with Gasteiger partial charge in [-0.05, 0) is 61.9 Å². The zero-order chi connectivity index (χ0) is 13.4. The quantitative estimate of drug-likeness (QED) is 0.800. The van der Waals surface area contributed by atoms with Crippen molar-refractivity contribution in [2.45, 2.75) is 55.9 Å². The van der Waals surface area contributed by atoms with Gasteiger partial charge in [0.15, 0.2) is 0 Å². The van der Waals surface area contributed by atoms with Crippen molar-refractivity contribution in [3.05, 3.63) is 29.3 Å². The van der Waals surface area contributed by atoms with Gasteiger partial charge in [-0.3, -0.25) is 0 Å². The third kappa shape index (κ3) is 2.71. The summed E-state index contributed by atoms with van der Waals surface area (Å²) < 4.78 is 0. The number of likely N-dealkylation sites (tertiary alicyclic amines) is 1. The molecular weight excluding hydrogens is 250 g/mol. The maximum absolute atomic E-state index is 2.56. The van der Waals surface area contributed by atoms with Gasteiger partial charge in [0.2, 0.25) is 0 Å². The highest BCUT2D eigenvalue weighted by molar-refractivity contribution is 7.99. The molecule has 0 aromatic heterocycles. The molecule has 0 spiro atoms. The Balaban J connectivity index is 1.78. The van der Waals surface area contributed by atoms with E-state index in [1.807, 2.05) is 0 Å². The van der Waals surface area contributed by atoms with Crippen LogP contribution in [0.2, 0.25) is 0 Å². The van der Waals surface area contributed by atoms with E-state index in [0.29, 0.717) is 5.92 Å². The molecule has 0 aliphatic carbocycles. The molecule has 104 valence electrons. The predicted molar refractivity (Wildman–Crippen MR) is 84.3 cm³/mol. The van der Waals surface area contributed by atoms with E-state index >= 15 is 0 Å². The van der Waals surface area contributed by atoms with Crippen molar-refractivity contribution in [3.63, 3.8) is 0 Å². The zero-order valence-electron chi connectivity index (χ0n) is 12.4. The molecule has 0 N–H and O–H groups in total. The van der Waals surface area contributed by atoms with Gasteiger partial charge >= 0.3 is 0 Å². The van der Waals surface area contributed by atoms with E-state index in [1.54, 1.807) is 5.56 Å². The number of thioether (sulfide) groups is 1. The summed E-state index contributed by atoms with van der Waals surface area (Å²) in [5.41, 5.74) is 3.14. The van der Waals surface area contributed by atoms with E-state index in [0.717, 1.165) is 12.0 Å². The smallest absolute Gasteiger partial charge is 0.0108 e. The Morgan fingerprint density at radius 2 is 2.21 bits per heavy atom. The Bertz CT molecular complexity index is 455. The van der Waals surface area contributed by atoms with E-state index in [2.05, 4.69) is 55.8 Å². The molecule has 0 radical (unpaired) electrons. The third-order valence-corrected chi connectivity index (χ3v) is 6.06. The molecule has 0 saturated carbocycles. The van der Waals surface area contributed by atoms with Gasteiger partial charge in [-0.1, -0.05) is 26.0 Å². The Morgan fingerprint density at radius 1 is 1.37 bits per heavy atom. The predicted octanol–water partition coefficient (Wildman–Crippen LogP) is 4.48. The molecular formula is C17H25NS. The number of hydrogen-bond donors (Lipinski definition) is 0. The summed E-state index contributed by atoms with van der Waals surface area (Å²) in [6.45, 7) is 5.89.